The average molecular weight is 385 g/mol. The molecule has 0 heterocycles. The number of carbonyl (C=O) groups excluding carboxylic acids is 2. The summed E-state index contributed by atoms with van der Waals surface area (Å²) in [5.41, 5.74) is 1.25. The van der Waals surface area contributed by atoms with Crippen LogP contribution in [0.2, 0.25) is 5.02 Å². The zero-order valence-corrected chi connectivity index (χ0v) is 15.3. The lowest BCUT2D eigenvalue weighted by molar-refractivity contribution is -0.144. The van der Waals surface area contributed by atoms with E-state index >= 15 is 0 Å². The lowest BCUT2D eigenvalue weighted by Crippen LogP contribution is -2.28. The quantitative estimate of drug-likeness (QED) is 0.450. The Kier molecular flexibility index (Phi) is 7.41. The van der Waals surface area contributed by atoms with E-state index in [-0.39, 0.29) is 12.1 Å². The Bertz CT molecular complexity index is 886. The summed E-state index contributed by atoms with van der Waals surface area (Å²) in [6.07, 6.45) is 1.37. The van der Waals surface area contributed by atoms with Gasteiger partial charge in [-0.1, -0.05) is 35.9 Å². The molecule has 0 saturated heterocycles. The third-order valence-electron chi connectivity index (χ3n) is 3.48. The molecule has 6 nitrogen and oxygen atoms in total. The zero-order chi connectivity index (χ0) is 19.6. The number of amides is 1. The Morgan fingerprint density at radius 1 is 1.22 bits per heavy atom. The highest BCUT2D eigenvalue weighted by molar-refractivity contribution is 6.30. The first kappa shape index (κ1) is 20.0. The van der Waals surface area contributed by atoms with Crippen LogP contribution in [0.15, 0.2) is 54.1 Å². The van der Waals surface area contributed by atoms with Crippen LogP contribution in [0.4, 0.5) is 0 Å². The fourth-order valence-corrected chi connectivity index (χ4v) is 2.22. The molecule has 138 valence electrons. The first-order chi connectivity index (χ1) is 13.0. The topological polar surface area (TPSA) is 88.4 Å². The summed E-state index contributed by atoms with van der Waals surface area (Å²) in [5, 5.41) is 12.4. The van der Waals surface area contributed by atoms with E-state index in [2.05, 4.69) is 5.32 Å². The second-order valence-electron chi connectivity index (χ2n) is 5.43. The molecule has 1 N–H and O–H groups in total. The van der Waals surface area contributed by atoms with Crippen LogP contribution < -0.4 is 10.1 Å². The van der Waals surface area contributed by atoms with Gasteiger partial charge in [-0.3, -0.25) is 4.79 Å². The number of methoxy groups -OCH3 is 1. The third-order valence-corrected chi connectivity index (χ3v) is 3.73. The first-order valence-electron chi connectivity index (χ1n) is 7.96. The van der Waals surface area contributed by atoms with Crippen molar-refractivity contribution in [2.24, 2.45) is 0 Å². The molecule has 0 aliphatic rings. The van der Waals surface area contributed by atoms with Gasteiger partial charge in [0.2, 0.25) is 0 Å². The Morgan fingerprint density at radius 3 is 2.63 bits per heavy atom. The second-order valence-corrected chi connectivity index (χ2v) is 5.86. The number of ether oxygens (including phenoxy) is 2. The fourth-order valence-electron chi connectivity index (χ4n) is 2.10. The predicted octanol–water partition coefficient (Wildman–Crippen LogP) is 3.12. The summed E-state index contributed by atoms with van der Waals surface area (Å²) < 4.78 is 9.99. The van der Waals surface area contributed by atoms with Crippen LogP contribution in [0.1, 0.15) is 11.1 Å². The number of rotatable bonds is 7. The number of nitrogens with zero attached hydrogens (tertiary/aromatic N) is 1. The largest absolute Gasteiger partial charge is 0.497 e. The molecule has 27 heavy (non-hydrogen) atoms. The molecule has 7 heteroatoms. The maximum atomic E-state index is 12.0. The van der Waals surface area contributed by atoms with E-state index in [0.717, 1.165) is 5.56 Å². The van der Waals surface area contributed by atoms with Crippen molar-refractivity contribution < 1.29 is 19.1 Å². The molecule has 0 aromatic heterocycles. The van der Waals surface area contributed by atoms with Crippen LogP contribution in [0, 0.1) is 11.3 Å². The zero-order valence-electron chi connectivity index (χ0n) is 14.6. The third kappa shape index (κ3) is 6.49. The number of nitriles is 1. The van der Waals surface area contributed by atoms with Gasteiger partial charge in [-0.2, -0.15) is 5.26 Å². The number of nitrogens with one attached hydrogen (secondary N) is 1. The smallest absolute Gasteiger partial charge is 0.349 e. The van der Waals surface area contributed by atoms with Crippen molar-refractivity contribution in [1.82, 2.24) is 5.32 Å². The van der Waals surface area contributed by atoms with Gasteiger partial charge in [0.25, 0.3) is 5.91 Å². The van der Waals surface area contributed by atoms with Crippen molar-refractivity contribution in [2.45, 2.75) is 6.54 Å². The molecule has 0 unspecified atom stereocenters. The monoisotopic (exact) mass is 384 g/mol. The highest BCUT2D eigenvalue weighted by atomic mass is 35.5. The number of halogens is 1. The van der Waals surface area contributed by atoms with E-state index in [9.17, 15) is 9.59 Å². The predicted molar refractivity (Wildman–Crippen MR) is 101 cm³/mol. The van der Waals surface area contributed by atoms with E-state index in [1.165, 1.54) is 13.2 Å². The van der Waals surface area contributed by atoms with Crippen LogP contribution in [-0.4, -0.2) is 25.6 Å². The van der Waals surface area contributed by atoms with Crippen LogP contribution in [-0.2, 0) is 20.9 Å². The maximum absolute atomic E-state index is 12.0. The van der Waals surface area contributed by atoms with E-state index in [0.29, 0.717) is 16.3 Å². The minimum atomic E-state index is -0.873. The SMILES string of the molecule is COc1cccc(/C=C(\C#N)C(=O)OCC(=O)NCc2ccc(Cl)cc2)c1. The Morgan fingerprint density at radius 2 is 1.96 bits per heavy atom. The van der Waals surface area contributed by atoms with Crippen molar-refractivity contribution in [3.8, 4) is 11.8 Å². The average Bonchev–Trinajstić information content (AvgIpc) is 2.69. The minimum Gasteiger partial charge on any atom is -0.497 e. The molecule has 0 fully saturated rings. The van der Waals surface area contributed by atoms with Crippen LogP contribution >= 0.6 is 11.6 Å². The second kappa shape index (κ2) is 10.00. The molecule has 0 bridgehead atoms. The van der Waals surface area contributed by atoms with Gasteiger partial charge in [-0.05, 0) is 41.5 Å². The molecular formula is C20H17ClN2O4. The number of hydrogen-bond donors (Lipinski definition) is 1. The number of benzene rings is 2. The van der Waals surface area contributed by atoms with Crippen molar-refractivity contribution in [1.29, 1.82) is 5.26 Å². The number of hydrogen-bond acceptors (Lipinski definition) is 5. The van der Waals surface area contributed by atoms with Gasteiger partial charge in [0, 0.05) is 11.6 Å². The highest BCUT2D eigenvalue weighted by Crippen LogP contribution is 2.15. The molecule has 0 aliphatic heterocycles. The molecule has 2 aromatic carbocycles. The number of carbonyl (C=O) groups is 2. The molecule has 0 spiro atoms. The summed E-state index contributed by atoms with van der Waals surface area (Å²) in [6.45, 7) is -0.206. The Balaban J connectivity index is 1.88. The van der Waals surface area contributed by atoms with Crippen LogP contribution in [0.25, 0.3) is 6.08 Å². The van der Waals surface area contributed by atoms with E-state index in [1.807, 2.05) is 0 Å². The molecule has 0 aliphatic carbocycles. The van der Waals surface area contributed by atoms with Gasteiger partial charge >= 0.3 is 5.97 Å². The van der Waals surface area contributed by atoms with E-state index in [4.69, 9.17) is 26.3 Å². The van der Waals surface area contributed by atoms with Crippen molar-refractivity contribution >= 4 is 29.6 Å². The van der Waals surface area contributed by atoms with Gasteiger partial charge in [-0.15, -0.1) is 0 Å². The molecular weight excluding hydrogens is 368 g/mol. The fraction of sp³-hybridized carbons (Fsp3) is 0.150. The lowest BCUT2D eigenvalue weighted by atomic mass is 10.1. The summed E-state index contributed by atoms with van der Waals surface area (Å²) in [6, 6.07) is 15.6. The molecule has 0 atom stereocenters. The summed E-state index contributed by atoms with van der Waals surface area (Å²) in [7, 11) is 1.52. The summed E-state index contributed by atoms with van der Waals surface area (Å²) in [5.74, 6) is -0.755. The number of esters is 1. The Labute approximate surface area is 162 Å². The standard InChI is InChI=1S/C20H17ClN2O4/c1-26-18-4-2-3-15(10-18)9-16(11-22)20(25)27-13-19(24)23-12-14-5-7-17(21)8-6-14/h2-10H,12-13H2,1H3,(H,23,24)/b16-9+. The molecule has 0 radical (unpaired) electrons. The van der Waals surface area contributed by atoms with Gasteiger partial charge in [0.15, 0.2) is 6.61 Å². The van der Waals surface area contributed by atoms with Crippen molar-refractivity contribution in [3.63, 3.8) is 0 Å². The molecule has 2 rings (SSSR count). The van der Waals surface area contributed by atoms with Gasteiger partial charge in [0.1, 0.15) is 17.4 Å². The summed E-state index contributed by atoms with van der Waals surface area (Å²) >= 11 is 5.79. The molecule has 0 saturated carbocycles. The normalized spacial score (nSPS) is 10.6. The summed E-state index contributed by atoms with van der Waals surface area (Å²) in [4.78, 5) is 23.8. The minimum absolute atomic E-state index is 0.214. The van der Waals surface area contributed by atoms with Gasteiger partial charge in [-0.25, -0.2) is 4.79 Å². The van der Waals surface area contributed by atoms with E-state index < -0.39 is 18.5 Å². The molecule has 1 amide bonds. The molecule has 2 aromatic rings. The highest BCUT2D eigenvalue weighted by Gasteiger charge is 2.13. The van der Waals surface area contributed by atoms with Crippen molar-refractivity contribution in [3.05, 3.63) is 70.3 Å². The lowest BCUT2D eigenvalue weighted by Gasteiger charge is -2.07. The van der Waals surface area contributed by atoms with Crippen molar-refractivity contribution in [2.75, 3.05) is 13.7 Å². The first-order valence-corrected chi connectivity index (χ1v) is 8.33. The Hall–Kier alpha value is -3.30. The van der Waals surface area contributed by atoms with E-state index in [1.54, 1.807) is 54.6 Å². The van der Waals surface area contributed by atoms with Gasteiger partial charge in [0.05, 0.1) is 7.11 Å². The maximum Gasteiger partial charge on any atom is 0.349 e. The van der Waals surface area contributed by atoms with Crippen LogP contribution in [0.3, 0.4) is 0 Å². The van der Waals surface area contributed by atoms with Crippen LogP contribution in [0.5, 0.6) is 5.75 Å². The van der Waals surface area contributed by atoms with Gasteiger partial charge < -0.3 is 14.8 Å².